The molecule has 0 atom stereocenters. The molecule has 35 heavy (non-hydrogen) atoms. The summed E-state index contributed by atoms with van der Waals surface area (Å²) < 4.78 is 18.2. The molecule has 1 aliphatic heterocycles. The lowest BCUT2D eigenvalue weighted by Crippen LogP contribution is -2.41. The summed E-state index contributed by atoms with van der Waals surface area (Å²) in [7, 11) is 3.12. The van der Waals surface area contributed by atoms with Gasteiger partial charge in [0.25, 0.3) is 0 Å². The number of ether oxygens (including phenoxy) is 3. The monoisotopic (exact) mass is 477 g/mol. The van der Waals surface area contributed by atoms with Crippen molar-refractivity contribution in [1.82, 2.24) is 14.4 Å². The standard InChI is InChI=1S/C28H35N3O4/c1-33-26-10-5-7-23(19-26)20-31-12-6-9-25(31)22-30(14-13-29-15-17-35-18-16-29)21-24-8-3-4-11-27(24)28(32)34-2/h3-12,19H,13-18,20-22H2,1-2H3. The smallest absolute Gasteiger partial charge is 0.338 e. The Morgan fingerprint density at radius 1 is 1.00 bits per heavy atom. The third-order valence-corrected chi connectivity index (χ3v) is 6.45. The molecule has 1 aliphatic rings. The predicted octanol–water partition coefficient (Wildman–Crippen LogP) is 3.67. The van der Waals surface area contributed by atoms with E-state index >= 15 is 0 Å². The lowest BCUT2D eigenvalue weighted by atomic mass is 10.1. The summed E-state index contributed by atoms with van der Waals surface area (Å²) in [5.41, 5.74) is 4.02. The minimum Gasteiger partial charge on any atom is -0.497 e. The van der Waals surface area contributed by atoms with Crippen molar-refractivity contribution in [2.24, 2.45) is 0 Å². The van der Waals surface area contributed by atoms with Gasteiger partial charge in [0, 0.05) is 57.7 Å². The van der Waals surface area contributed by atoms with Crippen LogP contribution in [-0.2, 0) is 29.1 Å². The Balaban J connectivity index is 1.52. The van der Waals surface area contributed by atoms with Crippen LogP contribution in [0.5, 0.6) is 5.75 Å². The van der Waals surface area contributed by atoms with E-state index in [2.05, 4.69) is 44.8 Å². The Morgan fingerprint density at radius 2 is 1.83 bits per heavy atom. The van der Waals surface area contributed by atoms with E-state index in [4.69, 9.17) is 14.2 Å². The summed E-state index contributed by atoms with van der Waals surface area (Å²) >= 11 is 0. The first-order chi connectivity index (χ1) is 17.2. The fourth-order valence-corrected chi connectivity index (χ4v) is 4.47. The van der Waals surface area contributed by atoms with Crippen molar-refractivity contribution in [1.29, 1.82) is 0 Å². The van der Waals surface area contributed by atoms with Gasteiger partial charge in [0.2, 0.25) is 0 Å². The second-order valence-electron chi connectivity index (χ2n) is 8.79. The van der Waals surface area contributed by atoms with Crippen molar-refractivity contribution in [3.63, 3.8) is 0 Å². The molecule has 0 aliphatic carbocycles. The molecule has 1 aromatic heterocycles. The van der Waals surface area contributed by atoms with Crippen LogP contribution in [0.1, 0.15) is 27.2 Å². The Labute approximate surface area is 207 Å². The fourth-order valence-electron chi connectivity index (χ4n) is 4.47. The number of rotatable bonds is 11. The topological polar surface area (TPSA) is 56.2 Å². The minimum absolute atomic E-state index is 0.296. The lowest BCUT2D eigenvalue weighted by Gasteiger charge is -2.30. The molecule has 4 rings (SSSR count). The van der Waals surface area contributed by atoms with E-state index in [0.29, 0.717) is 12.1 Å². The Bertz CT molecular complexity index is 1090. The predicted molar refractivity (Wildman–Crippen MR) is 136 cm³/mol. The Kier molecular flexibility index (Phi) is 8.95. The maximum atomic E-state index is 12.4. The number of carbonyl (C=O) groups is 1. The van der Waals surface area contributed by atoms with E-state index in [1.165, 1.54) is 18.4 Å². The Hall–Kier alpha value is -3.13. The van der Waals surface area contributed by atoms with Crippen molar-refractivity contribution in [2.75, 3.05) is 53.6 Å². The van der Waals surface area contributed by atoms with Gasteiger partial charge in [-0.1, -0.05) is 30.3 Å². The summed E-state index contributed by atoms with van der Waals surface area (Å²) in [4.78, 5) is 17.2. The highest BCUT2D eigenvalue weighted by Gasteiger charge is 2.18. The number of methoxy groups -OCH3 is 2. The second-order valence-corrected chi connectivity index (χ2v) is 8.79. The van der Waals surface area contributed by atoms with Gasteiger partial charge in [0.1, 0.15) is 5.75 Å². The van der Waals surface area contributed by atoms with E-state index < -0.39 is 0 Å². The van der Waals surface area contributed by atoms with Gasteiger partial charge < -0.3 is 18.8 Å². The minimum atomic E-state index is -0.296. The van der Waals surface area contributed by atoms with E-state index in [0.717, 1.165) is 63.8 Å². The van der Waals surface area contributed by atoms with Crippen LogP contribution in [0.15, 0.2) is 66.9 Å². The molecule has 3 aromatic rings. The zero-order valence-electron chi connectivity index (χ0n) is 20.7. The average molecular weight is 478 g/mol. The molecule has 7 heteroatoms. The lowest BCUT2D eigenvalue weighted by molar-refractivity contribution is 0.0323. The van der Waals surface area contributed by atoms with Crippen molar-refractivity contribution in [2.45, 2.75) is 19.6 Å². The van der Waals surface area contributed by atoms with Gasteiger partial charge >= 0.3 is 5.97 Å². The molecule has 7 nitrogen and oxygen atoms in total. The van der Waals surface area contributed by atoms with Gasteiger partial charge in [-0.25, -0.2) is 4.79 Å². The van der Waals surface area contributed by atoms with Crippen LogP contribution in [0.25, 0.3) is 0 Å². The molecule has 186 valence electrons. The molecule has 1 saturated heterocycles. The van der Waals surface area contributed by atoms with Gasteiger partial charge in [-0.2, -0.15) is 0 Å². The van der Waals surface area contributed by atoms with Crippen molar-refractivity contribution in [3.8, 4) is 5.75 Å². The van der Waals surface area contributed by atoms with Crippen LogP contribution >= 0.6 is 0 Å². The summed E-state index contributed by atoms with van der Waals surface area (Å²) in [5, 5.41) is 0. The number of benzene rings is 2. The van der Waals surface area contributed by atoms with Crippen molar-refractivity contribution in [3.05, 3.63) is 89.2 Å². The number of hydrogen-bond acceptors (Lipinski definition) is 6. The molecule has 2 aromatic carbocycles. The Morgan fingerprint density at radius 3 is 2.63 bits per heavy atom. The molecule has 0 N–H and O–H groups in total. The molecule has 0 saturated carbocycles. The molecule has 0 amide bonds. The van der Waals surface area contributed by atoms with E-state index in [9.17, 15) is 4.79 Å². The van der Waals surface area contributed by atoms with Crippen LogP contribution in [0.2, 0.25) is 0 Å². The highest BCUT2D eigenvalue weighted by Crippen LogP contribution is 2.18. The van der Waals surface area contributed by atoms with Crippen LogP contribution < -0.4 is 4.74 Å². The number of esters is 1. The number of aromatic nitrogens is 1. The number of morpholine rings is 1. The SMILES string of the molecule is COC(=O)c1ccccc1CN(CCN1CCOCC1)Cc1cccn1Cc1cccc(OC)c1. The third kappa shape index (κ3) is 6.94. The van der Waals surface area contributed by atoms with Crippen LogP contribution in [-0.4, -0.2) is 73.9 Å². The van der Waals surface area contributed by atoms with E-state index in [1.54, 1.807) is 7.11 Å². The molecule has 0 unspecified atom stereocenters. The molecule has 0 spiro atoms. The quantitative estimate of drug-likeness (QED) is 0.393. The first kappa shape index (κ1) is 25.0. The maximum Gasteiger partial charge on any atom is 0.338 e. The van der Waals surface area contributed by atoms with Crippen LogP contribution in [0.4, 0.5) is 0 Å². The first-order valence-corrected chi connectivity index (χ1v) is 12.1. The largest absolute Gasteiger partial charge is 0.497 e. The highest BCUT2D eigenvalue weighted by atomic mass is 16.5. The molecular formula is C28H35N3O4. The van der Waals surface area contributed by atoms with Crippen molar-refractivity contribution >= 4 is 5.97 Å². The maximum absolute atomic E-state index is 12.4. The van der Waals surface area contributed by atoms with Crippen LogP contribution in [0, 0.1) is 0 Å². The first-order valence-electron chi connectivity index (χ1n) is 12.1. The normalized spacial score (nSPS) is 14.3. The van der Waals surface area contributed by atoms with Crippen LogP contribution in [0.3, 0.4) is 0 Å². The number of hydrogen-bond donors (Lipinski definition) is 0. The molecular weight excluding hydrogens is 442 g/mol. The van der Waals surface area contributed by atoms with Gasteiger partial charge in [0.15, 0.2) is 0 Å². The second kappa shape index (κ2) is 12.5. The number of carbonyl (C=O) groups excluding carboxylic acids is 1. The number of nitrogens with zero attached hydrogens (tertiary/aromatic N) is 3. The molecule has 1 fully saturated rings. The van der Waals surface area contributed by atoms with E-state index in [1.807, 2.05) is 36.4 Å². The van der Waals surface area contributed by atoms with Gasteiger partial charge in [0.05, 0.1) is 33.0 Å². The fraction of sp³-hybridized carbons (Fsp3) is 0.393. The van der Waals surface area contributed by atoms with E-state index in [-0.39, 0.29) is 5.97 Å². The zero-order chi connectivity index (χ0) is 24.5. The third-order valence-electron chi connectivity index (χ3n) is 6.45. The summed E-state index contributed by atoms with van der Waals surface area (Å²) in [6, 6.07) is 20.2. The van der Waals surface area contributed by atoms with Crippen molar-refractivity contribution < 1.29 is 19.0 Å². The highest BCUT2D eigenvalue weighted by molar-refractivity contribution is 5.90. The zero-order valence-corrected chi connectivity index (χ0v) is 20.7. The molecule has 0 radical (unpaired) electrons. The summed E-state index contributed by atoms with van der Waals surface area (Å²) in [6.07, 6.45) is 2.12. The molecule has 0 bridgehead atoms. The van der Waals surface area contributed by atoms with Gasteiger partial charge in [-0.05, 0) is 41.5 Å². The van der Waals surface area contributed by atoms with Gasteiger partial charge in [-0.15, -0.1) is 0 Å². The average Bonchev–Trinajstić information content (AvgIpc) is 3.34. The molecule has 2 heterocycles. The summed E-state index contributed by atoms with van der Waals surface area (Å²) in [5.74, 6) is 0.567. The van der Waals surface area contributed by atoms with Gasteiger partial charge in [-0.3, -0.25) is 9.80 Å². The summed E-state index contributed by atoms with van der Waals surface area (Å²) in [6.45, 7) is 7.55.